The van der Waals surface area contributed by atoms with Crippen LogP contribution in [0.2, 0.25) is 0 Å². The molecule has 1 amide bonds. The van der Waals surface area contributed by atoms with Crippen molar-refractivity contribution in [3.63, 3.8) is 0 Å². The van der Waals surface area contributed by atoms with Gasteiger partial charge in [-0.2, -0.15) is 43.9 Å². The van der Waals surface area contributed by atoms with E-state index < -0.39 is 79.7 Å². The number of carbonyl (C=O) groups is 3. The molecule has 2 atom stereocenters. The molecule has 0 aromatic heterocycles. The van der Waals surface area contributed by atoms with E-state index in [9.17, 15) is 62.7 Å². The molecule has 0 aromatic carbocycles. The number of amides is 1. The summed E-state index contributed by atoms with van der Waals surface area (Å²) in [5.41, 5.74) is -8.19. The summed E-state index contributed by atoms with van der Waals surface area (Å²) in [6, 6.07) is 0. The molecule has 0 spiro atoms. The first-order valence-electron chi connectivity index (χ1n) is 9.04. The van der Waals surface area contributed by atoms with Crippen LogP contribution < -0.4 is 5.32 Å². The molecule has 0 saturated heterocycles. The van der Waals surface area contributed by atoms with Crippen molar-refractivity contribution < 1.29 is 76.9 Å². The van der Waals surface area contributed by atoms with E-state index in [1.165, 1.54) is 5.32 Å². The van der Waals surface area contributed by atoms with Gasteiger partial charge >= 0.3 is 42.2 Å². The van der Waals surface area contributed by atoms with Crippen molar-refractivity contribution in [3.8, 4) is 0 Å². The molecule has 0 aliphatic heterocycles. The number of halogens is 11. The second-order valence-electron chi connectivity index (χ2n) is 7.36. The van der Waals surface area contributed by atoms with Crippen molar-refractivity contribution in [2.75, 3.05) is 13.2 Å². The maximum absolute atomic E-state index is 14.5. The summed E-state index contributed by atoms with van der Waals surface area (Å²) in [7, 11) is 0. The largest absolute Gasteiger partial charge is 0.460 e. The Labute approximate surface area is 195 Å². The molecule has 0 aromatic rings. The van der Waals surface area contributed by atoms with Gasteiger partial charge in [0.25, 0.3) is 0 Å². The standard InChI is InChI=1S/C18H18F11NO6/c1-5-9(31)34-7-13(3,8-35-10(32)6-2)30-12(33)36-11(15(20,21)17(24,25)26)14(4,19)16(22,23)18(27,28)29/h5-6,11H,1-2,7-8H2,3-4H3,(H,30,33). The van der Waals surface area contributed by atoms with E-state index in [-0.39, 0.29) is 0 Å². The van der Waals surface area contributed by atoms with Crippen LogP contribution >= 0.6 is 0 Å². The number of rotatable bonds is 11. The van der Waals surface area contributed by atoms with Gasteiger partial charge in [-0.1, -0.05) is 13.2 Å². The van der Waals surface area contributed by atoms with Crippen molar-refractivity contribution in [3.05, 3.63) is 25.3 Å². The Morgan fingerprint density at radius 3 is 1.47 bits per heavy atom. The van der Waals surface area contributed by atoms with Crippen LogP contribution in [0.15, 0.2) is 25.3 Å². The van der Waals surface area contributed by atoms with Crippen LogP contribution in [0.5, 0.6) is 0 Å². The topological polar surface area (TPSA) is 90.9 Å². The van der Waals surface area contributed by atoms with Gasteiger partial charge in [-0.25, -0.2) is 18.8 Å². The Hall–Kier alpha value is -3.08. The number of esters is 2. The van der Waals surface area contributed by atoms with Crippen LogP contribution in [-0.2, 0) is 23.8 Å². The van der Waals surface area contributed by atoms with E-state index in [2.05, 4.69) is 27.4 Å². The molecule has 208 valence electrons. The fourth-order valence-electron chi connectivity index (χ4n) is 2.19. The number of hydrogen-bond donors (Lipinski definition) is 1. The first-order valence-corrected chi connectivity index (χ1v) is 9.04. The van der Waals surface area contributed by atoms with Gasteiger partial charge in [0.15, 0.2) is 0 Å². The number of hydrogen-bond acceptors (Lipinski definition) is 6. The average molecular weight is 553 g/mol. The van der Waals surface area contributed by atoms with E-state index in [0.29, 0.717) is 12.2 Å². The van der Waals surface area contributed by atoms with E-state index in [1.807, 2.05) is 0 Å². The van der Waals surface area contributed by atoms with Gasteiger partial charge in [-0.15, -0.1) is 0 Å². The molecule has 1 N–H and O–H groups in total. The molecule has 36 heavy (non-hydrogen) atoms. The molecule has 0 rings (SSSR count). The van der Waals surface area contributed by atoms with Crippen molar-refractivity contribution in [2.24, 2.45) is 0 Å². The molecule has 0 heterocycles. The molecule has 0 saturated carbocycles. The molecular formula is C18H18F11NO6. The van der Waals surface area contributed by atoms with Crippen molar-refractivity contribution in [1.29, 1.82) is 0 Å². The van der Waals surface area contributed by atoms with Crippen LogP contribution in [0, 0.1) is 0 Å². The summed E-state index contributed by atoms with van der Waals surface area (Å²) < 4.78 is 158. The van der Waals surface area contributed by atoms with Crippen LogP contribution in [0.3, 0.4) is 0 Å². The monoisotopic (exact) mass is 553 g/mol. The zero-order chi connectivity index (χ0) is 29.0. The smallest absolute Gasteiger partial charge is 0.457 e. The molecule has 0 fully saturated rings. The first-order chi connectivity index (χ1) is 15.9. The second kappa shape index (κ2) is 10.9. The maximum atomic E-state index is 14.5. The summed E-state index contributed by atoms with van der Waals surface area (Å²) in [6.07, 6.45) is -20.6. The number of ether oxygens (including phenoxy) is 3. The lowest BCUT2D eigenvalue weighted by Crippen LogP contribution is -2.68. The van der Waals surface area contributed by atoms with Gasteiger partial charge in [-0.3, -0.25) is 0 Å². The minimum atomic E-state index is -7.00. The van der Waals surface area contributed by atoms with E-state index in [1.54, 1.807) is 0 Å². The van der Waals surface area contributed by atoms with Crippen molar-refractivity contribution >= 4 is 18.0 Å². The van der Waals surface area contributed by atoms with Gasteiger partial charge in [-0.05, 0) is 13.8 Å². The summed E-state index contributed by atoms with van der Waals surface area (Å²) in [5, 5.41) is 1.39. The Kier molecular flexibility index (Phi) is 9.96. The summed E-state index contributed by atoms with van der Waals surface area (Å²) >= 11 is 0. The van der Waals surface area contributed by atoms with Crippen LogP contribution in [0.25, 0.3) is 0 Å². The average Bonchev–Trinajstić information content (AvgIpc) is 2.72. The predicted molar refractivity (Wildman–Crippen MR) is 95.6 cm³/mol. The Morgan fingerprint density at radius 2 is 1.17 bits per heavy atom. The third-order valence-electron chi connectivity index (χ3n) is 4.20. The third-order valence-corrected chi connectivity index (χ3v) is 4.20. The normalized spacial score (nSPS) is 15.7. The Bertz CT molecular complexity index is 827. The Balaban J connectivity index is 6.34. The number of carbonyl (C=O) groups excluding carboxylic acids is 3. The highest BCUT2D eigenvalue weighted by molar-refractivity contribution is 5.82. The SMILES string of the molecule is C=CC(=O)OCC(C)(COC(=O)C=C)NC(=O)OC(C(C)(F)C(F)(F)C(F)(F)F)C(F)(F)C(F)(F)F. The van der Waals surface area contributed by atoms with Gasteiger partial charge < -0.3 is 19.5 Å². The Morgan fingerprint density at radius 1 is 0.778 bits per heavy atom. The molecule has 0 aliphatic rings. The van der Waals surface area contributed by atoms with Crippen LogP contribution in [0.4, 0.5) is 53.1 Å². The molecule has 18 heteroatoms. The zero-order valence-corrected chi connectivity index (χ0v) is 18.2. The summed E-state index contributed by atoms with van der Waals surface area (Å²) in [6.45, 7) is 3.62. The quantitative estimate of drug-likeness (QED) is 0.176. The minimum absolute atomic E-state index is 0.558. The molecule has 0 radical (unpaired) electrons. The van der Waals surface area contributed by atoms with Gasteiger partial charge in [0.2, 0.25) is 11.8 Å². The highest BCUT2D eigenvalue weighted by atomic mass is 19.4. The van der Waals surface area contributed by atoms with Crippen molar-refractivity contribution in [1.82, 2.24) is 5.32 Å². The molecule has 0 bridgehead atoms. The molecule has 0 aliphatic carbocycles. The zero-order valence-electron chi connectivity index (χ0n) is 18.2. The van der Waals surface area contributed by atoms with Crippen molar-refractivity contribution in [2.45, 2.75) is 55.4 Å². The molecular weight excluding hydrogens is 535 g/mol. The van der Waals surface area contributed by atoms with E-state index >= 15 is 0 Å². The van der Waals surface area contributed by atoms with Gasteiger partial charge in [0, 0.05) is 12.2 Å². The fraction of sp³-hybridized carbons (Fsp3) is 0.611. The van der Waals surface area contributed by atoms with Gasteiger partial charge in [0.05, 0.1) is 0 Å². The number of nitrogens with one attached hydrogen (secondary N) is 1. The predicted octanol–water partition coefficient (Wildman–Crippen LogP) is 4.42. The van der Waals surface area contributed by atoms with E-state index in [4.69, 9.17) is 0 Å². The van der Waals surface area contributed by atoms with Crippen LogP contribution in [-0.4, -0.2) is 72.8 Å². The third kappa shape index (κ3) is 7.46. The maximum Gasteiger partial charge on any atom is 0.457 e. The molecule has 7 nitrogen and oxygen atoms in total. The number of alkyl halides is 11. The second-order valence-corrected chi connectivity index (χ2v) is 7.36. The van der Waals surface area contributed by atoms with Gasteiger partial charge in [0.1, 0.15) is 18.8 Å². The highest BCUT2D eigenvalue weighted by Gasteiger charge is 2.80. The molecule has 2 unspecified atom stereocenters. The summed E-state index contributed by atoms with van der Waals surface area (Å²) in [4.78, 5) is 34.5. The lowest BCUT2D eigenvalue weighted by Gasteiger charge is -2.40. The minimum Gasteiger partial charge on any atom is -0.460 e. The van der Waals surface area contributed by atoms with E-state index in [0.717, 1.165) is 6.92 Å². The highest BCUT2D eigenvalue weighted by Crippen LogP contribution is 2.53. The first kappa shape index (κ1) is 32.9. The lowest BCUT2D eigenvalue weighted by molar-refractivity contribution is -0.376. The lowest BCUT2D eigenvalue weighted by atomic mass is 9.88. The van der Waals surface area contributed by atoms with Crippen LogP contribution in [0.1, 0.15) is 13.8 Å². The number of alkyl carbamates (subject to hydrolysis) is 1. The summed E-state index contributed by atoms with van der Waals surface area (Å²) in [5.74, 6) is -16.1. The fourth-order valence-corrected chi connectivity index (χ4v) is 2.19.